The topological polar surface area (TPSA) is 39.7 Å². The molecule has 0 saturated carbocycles. The number of hydrogen-bond donors (Lipinski definition) is 1. The lowest BCUT2D eigenvalue weighted by atomic mass is 9.87. The zero-order valence-electron chi connectivity index (χ0n) is 21.4. The van der Waals surface area contributed by atoms with Crippen molar-refractivity contribution < 1.29 is 18.6 Å². The molecule has 1 aliphatic rings. The summed E-state index contributed by atoms with van der Waals surface area (Å²) in [5.74, 6) is 0.489. The summed E-state index contributed by atoms with van der Waals surface area (Å²) in [6.07, 6.45) is 1.23. The van der Waals surface area contributed by atoms with E-state index in [0.717, 1.165) is 36.4 Å². The molecule has 4 nitrogen and oxygen atoms in total. The summed E-state index contributed by atoms with van der Waals surface area (Å²) in [5, 5.41) is 3.54. The summed E-state index contributed by atoms with van der Waals surface area (Å²) in [4.78, 5) is 0. The molecule has 3 aromatic rings. The van der Waals surface area contributed by atoms with Gasteiger partial charge in [0.25, 0.3) is 0 Å². The molecule has 2 unspecified atom stereocenters. The van der Waals surface area contributed by atoms with Gasteiger partial charge in [0, 0.05) is 34.4 Å². The first-order chi connectivity index (χ1) is 17.3. The van der Waals surface area contributed by atoms with Crippen molar-refractivity contribution in [3.05, 3.63) is 93.2 Å². The average Bonchev–Trinajstić information content (AvgIpc) is 2.84. The van der Waals surface area contributed by atoms with Gasteiger partial charge in [-0.1, -0.05) is 59.6 Å². The molecule has 192 valence electrons. The van der Waals surface area contributed by atoms with E-state index in [1.54, 1.807) is 6.07 Å². The SMILES string of the molecule is CCCCOC1c2cc(NCc3ccccc3C)ccc2OC(C)(C)C1OCc1ccc(Br)cc1F. The van der Waals surface area contributed by atoms with Crippen LogP contribution in [-0.4, -0.2) is 18.3 Å². The number of unbranched alkanes of at least 4 members (excludes halogenated alkanes) is 1. The molecule has 36 heavy (non-hydrogen) atoms. The van der Waals surface area contributed by atoms with Crippen molar-refractivity contribution in [1.82, 2.24) is 0 Å². The number of halogens is 2. The molecule has 1 aliphatic heterocycles. The maximum atomic E-state index is 14.5. The smallest absolute Gasteiger partial charge is 0.132 e. The molecule has 4 rings (SSSR count). The molecule has 0 radical (unpaired) electrons. The summed E-state index contributed by atoms with van der Waals surface area (Å²) in [6.45, 7) is 9.73. The van der Waals surface area contributed by atoms with Crippen LogP contribution in [0.15, 0.2) is 65.1 Å². The lowest BCUT2D eigenvalue weighted by Crippen LogP contribution is -2.51. The molecule has 0 amide bonds. The maximum Gasteiger partial charge on any atom is 0.132 e. The van der Waals surface area contributed by atoms with Crippen LogP contribution in [-0.2, 0) is 22.6 Å². The van der Waals surface area contributed by atoms with Crippen molar-refractivity contribution in [2.24, 2.45) is 0 Å². The molecule has 0 aromatic heterocycles. The standard InChI is InChI=1S/C30H35BrFNO3/c1-5-6-15-34-28-25-17-24(33-18-21-10-8-7-9-20(21)2)13-14-27(25)36-30(3,4)29(28)35-19-22-11-12-23(31)16-26(22)32/h7-14,16-17,28-29,33H,5-6,15,18-19H2,1-4H3. The number of anilines is 1. The highest BCUT2D eigenvalue weighted by Gasteiger charge is 2.45. The molecule has 6 heteroatoms. The maximum absolute atomic E-state index is 14.5. The Morgan fingerprint density at radius 2 is 1.83 bits per heavy atom. The van der Waals surface area contributed by atoms with E-state index >= 15 is 0 Å². The summed E-state index contributed by atoms with van der Waals surface area (Å²) in [7, 11) is 0. The number of hydrogen-bond acceptors (Lipinski definition) is 4. The number of nitrogens with one attached hydrogen (secondary N) is 1. The third-order valence-corrected chi connectivity index (χ3v) is 7.12. The average molecular weight is 557 g/mol. The second-order valence-corrected chi connectivity index (χ2v) is 10.8. The third-order valence-electron chi connectivity index (χ3n) is 6.62. The Balaban J connectivity index is 1.59. The summed E-state index contributed by atoms with van der Waals surface area (Å²) in [5.41, 5.74) is 4.28. The second-order valence-electron chi connectivity index (χ2n) is 9.85. The predicted octanol–water partition coefficient (Wildman–Crippen LogP) is 8.12. The molecule has 0 spiro atoms. The van der Waals surface area contributed by atoms with Gasteiger partial charge in [0.15, 0.2) is 0 Å². The van der Waals surface area contributed by atoms with Crippen molar-refractivity contribution in [2.75, 3.05) is 11.9 Å². The minimum absolute atomic E-state index is 0.130. The minimum Gasteiger partial charge on any atom is -0.485 e. The van der Waals surface area contributed by atoms with E-state index in [2.05, 4.69) is 65.4 Å². The fraction of sp³-hybridized carbons (Fsp3) is 0.400. The van der Waals surface area contributed by atoms with Gasteiger partial charge in [-0.2, -0.15) is 0 Å². The van der Waals surface area contributed by atoms with Gasteiger partial charge in [0.1, 0.15) is 29.4 Å². The van der Waals surface area contributed by atoms with Gasteiger partial charge in [-0.3, -0.25) is 0 Å². The fourth-order valence-corrected chi connectivity index (χ4v) is 4.82. The van der Waals surface area contributed by atoms with Crippen LogP contribution >= 0.6 is 15.9 Å². The van der Waals surface area contributed by atoms with E-state index in [9.17, 15) is 4.39 Å². The zero-order valence-corrected chi connectivity index (χ0v) is 23.0. The first-order valence-corrected chi connectivity index (χ1v) is 13.4. The molecular formula is C30H35BrFNO3. The van der Waals surface area contributed by atoms with E-state index in [-0.39, 0.29) is 18.5 Å². The van der Waals surface area contributed by atoms with Gasteiger partial charge in [-0.25, -0.2) is 4.39 Å². The number of aryl methyl sites for hydroxylation is 1. The van der Waals surface area contributed by atoms with Crippen molar-refractivity contribution >= 4 is 21.6 Å². The number of benzene rings is 3. The highest BCUT2D eigenvalue weighted by atomic mass is 79.9. The summed E-state index contributed by atoms with van der Waals surface area (Å²) >= 11 is 3.32. The van der Waals surface area contributed by atoms with Crippen LogP contribution in [0.25, 0.3) is 0 Å². The largest absolute Gasteiger partial charge is 0.485 e. The van der Waals surface area contributed by atoms with Gasteiger partial charge in [-0.15, -0.1) is 0 Å². The molecule has 1 heterocycles. The van der Waals surface area contributed by atoms with Gasteiger partial charge >= 0.3 is 0 Å². The first kappa shape index (κ1) is 26.6. The minimum atomic E-state index is -0.661. The Morgan fingerprint density at radius 3 is 2.58 bits per heavy atom. The Kier molecular flexibility index (Phi) is 8.70. The predicted molar refractivity (Wildman–Crippen MR) is 146 cm³/mol. The third kappa shape index (κ3) is 6.28. The van der Waals surface area contributed by atoms with Crippen LogP contribution in [0, 0.1) is 12.7 Å². The lowest BCUT2D eigenvalue weighted by molar-refractivity contribution is -0.167. The Hall–Kier alpha value is -2.41. The lowest BCUT2D eigenvalue weighted by Gasteiger charge is -2.44. The van der Waals surface area contributed by atoms with E-state index in [0.29, 0.717) is 16.6 Å². The zero-order chi connectivity index (χ0) is 25.7. The monoisotopic (exact) mass is 555 g/mol. The van der Waals surface area contributed by atoms with Gasteiger partial charge < -0.3 is 19.5 Å². The summed E-state index contributed by atoms with van der Waals surface area (Å²) < 4.78 is 34.4. The Labute approximate surface area is 222 Å². The molecule has 0 fully saturated rings. The number of fused-ring (bicyclic) bond motifs is 1. The van der Waals surface area contributed by atoms with Crippen LogP contribution < -0.4 is 10.1 Å². The van der Waals surface area contributed by atoms with Crippen molar-refractivity contribution in [2.45, 2.75) is 71.5 Å². The number of rotatable bonds is 10. The number of ether oxygens (including phenoxy) is 3. The van der Waals surface area contributed by atoms with E-state index in [1.807, 2.05) is 32.0 Å². The summed E-state index contributed by atoms with van der Waals surface area (Å²) in [6, 6.07) is 19.5. The highest BCUT2D eigenvalue weighted by Crippen LogP contribution is 2.44. The van der Waals surface area contributed by atoms with Crippen molar-refractivity contribution in [3.8, 4) is 5.75 Å². The van der Waals surface area contributed by atoms with Crippen molar-refractivity contribution in [1.29, 1.82) is 0 Å². The van der Waals surface area contributed by atoms with Gasteiger partial charge in [0.05, 0.1) is 6.61 Å². The molecule has 0 saturated heterocycles. The fourth-order valence-electron chi connectivity index (χ4n) is 4.49. The normalized spacial score (nSPS) is 18.4. The van der Waals surface area contributed by atoms with Crippen LogP contribution in [0.1, 0.15) is 62.0 Å². The molecule has 0 aliphatic carbocycles. The van der Waals surface area contributed by atoms with Crippen LogP contribution in [0.3, 0.4) is 0 Å². The van der Waals surface area contributed by atoms with Gasteiger partial charge in [0.2, 0.25) is 0 Å². The molecule has 2 atom stereocenters. The second kappa shape index (κ2) is 11.8. The first-order valence-electron chi connectivity index (χ1n) is 12.6. The highest BCUT2D eigenvalue weighted by molar-refractivity contribution is 9.10. The van der Waals surface area contributed by atoms with Crippen LogP contribution in [0.5, 0.6) is 5.75 Å². The Morgan fingerprint density at radius 1 is 1.03 bits per heavy atom. The van der Waals surface area contributed by atoms with E-state index in [4.69, 9.17) is 14.2 Å². The van der Waals surface area contributed by atoms with Crippen LogP contribution in [0.4, 0.5) is 10.1 Å². The van der Waals surface area contributed by atoms with Crippen molar-refractivity contribution in [3.63, 3.8) is 0 Å². The van der Waals surface area contributed by atoms with Crippen LogP contribution in [0.2, 0.25) is 0 Å². The molecular weight excluding hydrogens is 521 g/mol. The molecule has 3 aromatic carbocycles. The van der Waals surface area contributed by atoms with E-state index < -0.39 is 11.7 Å². The van der Waals surface area contributed by atoms with E-state index in [1.165, 1.54) is 17.2 Å². The molecule has 1 N–H and O–H groups in total. The Bertz CT molecular complexity index is 1180. The van der Waals surface area contributed by atoms with Gasteiger partial charge in [-0.05, 0) is 68.7 Å². The quantitative estimate of drug-likeness (QED) is 0.256. The molecule has 0 bridgehead atoms.